The minimum absolute atomic E-state index is 0.269. The monoisotopic (exact) mass is 389 g/mol. The normalized spacial score (nSPS) is 24.8. The molecule has 0 radical (unpaired) electrons. The Morgan fingerprint density at radius 3 is 2.57 bits per heavy atom. The Morgan fingerprint density at radius 2 is 1.82 bits per heavy atom. The highest BCUT2D eigenvalue weighted by atomic mass is 16.5. The maximum Gasteiger partial charge on any atom is 0.325 e. The highest BCUT2D eigenvalue weighted by molar-refractivity contribution is 6.09. The minimum Gasteiger partial charge on any atom is -0.490 e. The molecule has 9 nitrogen and oxygen atoms in total. The van der Waals surface area contributed by atoms with Crippen molar-refractivity contribution in [1.29, 1.82) is 0 Å². The van der Waals surface area contributed by atoms with Crippen LogP contribution in [0.3, 0.4) is 0 Å². The lowest BCUT2D eigenvalue weighted by Gasteiger charge is -2.28. The van der Waals surface area contributed by atoms with Gasteiger partial charge in [0.25, 0.3) is 5.91 Å². The van der Waals surface area contributed by atoms with Crippen LogP contribution in [-0.2, 0) is 19.9 Å². The summed E-state index contributed by atoms with van der Waals surface area (Å²) in [4.78, 5) is 40.6. The van der Waals surface area contributed by atoms with Gasteiger partial charge in [-0.05, 0) is 24.6 Å². The molecule has 1 N–H and O–H groups in total. The summed E-state index contributed by atoms with van der Waals surface area (Å²) in [5.41, 5.74) is -0.691. The smallest absolute Gasteiger partial charge is 0.325 e. The first-order valence-corrected chi connectivity index (χ1v) is 9.39. The lowest BCUT2D eigenvalue weighted by Crippen LogP contribution is -2.47. The highest BCUT2D eigenvalue weighted by Gasteiger charge is 2.50. The van der Waals surface area contributed by atoms with Gasteiger partial charge in [0.2, 0.25) is 5.91 Å². The third-order valence-corrected chi connectivity index (χ3v) is 5.26. The van der Waals surface area contributed by atoms with Crippen molar-refractivity contribution in [3.05, 3.63) is 23.8 Å². The number of fused-ring (bicyclic) bond motifs is 1. The number of carbonyl (C=O) groups excluding carboxylic acids is 3. The first-order chi connectivity index (χ1) is 13.5. The number of imide groups is 1. The summed E-state index contributed by atoms with van der Waals surface area (Å²) < 4.78 is 16.5. The van der Waals surface area contributed by atoms with E-state index in [4.69, 9.17) is 14.2 Å². The summed E-state index contributed by atoms with van der Waals surface area (Å²) in [6.45, 7) is 4.27. The molecule has 3 aliphatic heterocycles. The molecule has 2 saturated heterocycles. The number of carbonyl (C=O) groups is 3. The Balaban J connectivity index is 1.54. The predicted octanol–water partition coefficient (Wildman–Crippen LogP) is 0.474. The Labute approximate surface area is 162 Å². The lowest BCUT2D eigenvalue weighted by atomic mass is 9.91. The molecule has 0 bridgehead atoms. The van der Waals surface area contributed by atoms with Crippen LogP contribution in [-0.4, -0.2) is 73.7 Å². The molecule has 1 atom stereocenters. The van der Waals surface area contributed by atoms with Crippen LogP contribution in [0.25, 0.3) is 0 Å². The van der Waals surface area contributed by atoms with Crippen molar-refractivity contribution in [2.45, 2.75) is 18.9 Å². The predicted molar refractivity (Wildman–Crippen MR) is 97.0 cm³/mol. The zero-order chi connectivity index (χ0) is 19.7. The van der Waals surface area contributed by atoms with Crippen molar-refractivity contribution in [3.8, 4) is 11.5 Å². The van der Waals surface area contributed by atoms with Gasteiger partial charge in [0, 0.05) is 19.5 Å². The van der Waals surface area contributed by atoms with Gasteiger partial charge in [-0.15, -0.1) is 0 Å². The maximum absolute atomic E-state index is 13.1. The molecule has 0 saturated carbocycles. The van der Waals surface area contributed by atoms with E-state index in [1.54, 1.807) is 30.0 Å². The van der Waals surface area contributed by atoms with E-state index in [9.17, 15) is 14.4 Å². The number of urea groups is 1. The van der Waals surface area contributed by atoms with E-state index >= 15 is 0 Å². The van der Waals surface area contributed by atoms with Crippen LogP contribution < -0.4 is 14.8 Å². The molecule has 0 aliphatic carbocycles. The third-order valence-electron chi connectivity index (χ3n) is 5.26. The van der Waals surface area contributed by atoms with Crippen LogP contribution in [0.4, 0.5) is 4.79 Å². The Bertz CT molecular complexity index is 807. The second-order valence-corrected chi connectivity index (χ2v) is 7.15. The van der Waals surface area contributed by atoms with Crippen LogP contribution >= 0.6 is 0 Å². The van der Waals surface area contributed by atoms with Gasteiger partial charge in [-0.1, -0.05) is 6.07 Å². The Kier molecular flexibility index (Phi) is 4.84. The number of hydrogen-bond acceptors (Lipinski definition) is 6. The molecule has 3 aliphatic rings. The van der Waals surface area contributed by atoms with E-state index in [0.717, 1.165) is 11.3 Å². The molecular formula is C19H23N3O6. The van der Waals surface area contributed by atoms with Crippen molar-refractivity contribution in [2.75, 3.05) is 46.1 Å². The van der Waals surface area contributed by atoms with Crippen LogP contribution in [0, 0.1) is 0 Å². The second kappa shape index (κ2) is 7.31. The average Bonchev–Trinajstić information content (AvgIpc) is 2.88. The summed E-state index contributed by atoms with van der Waals surface area (Å²) in [7, 11) is 0. The summed E-state index contributed by atoms with van der Waals surface area (Å²) in [5.74, 6) is 0.422. The van der Waals surface area contributed by atoms with Crippen molar-refractivity contribution in [2.24, 2.45) is 0 Å². The fourth-order valence-corrected chi connectivity index (χ4v) is 3.56. The quantitative estimate of drug-likeness (QED) is 0.755. The van der Waals surface area contributed by atoms with Gasteiger partial charge in [-0.25, -0.2) is 4.79 Å². The van der Waals surface area contributed by atoms with Gasteiger partial charge in [-0.3, -0.25) is 14.5 Å². The number of hydrogen-bond donors (Lipinski definition) is 1. The molecule has 4 amide bonds. The van der Waals surface area contributed by atoms with E-state index in [1.807, 2.05) is 0 Å². The molecule has 0 spiro atoms. The van der Waals surface area contributed by atoms with Crippen LogP contribution in [0.15, 0.2) is 18.2 Å². The molecule has 2 fully saturated rings. The molecule has 0 unspecified atom stereocenters. The first-order valence-electron chi connectivity index (χ1n) is 9.39. The second-order valence-electron chi connectivity index (χ2n) is 7.15. The molecule has 3 heterocycles. The molecule has 1 aromatic carbocycles. The zero-order valence-electron chi connectivity index (χ0n) is 15.7. The first kappa shape index (κ1) is 18.5. The third kappa shape index (κ3) is 3.26. The highest BCUT2D eigenvalue weighted by Crippen LogP contribution is 2.36. The summed E-state index contributed by atoms with van der Waals surface area (Å²) >= 11 is 0. The van der Waals surface area contributed by atoms with E-state index < -0.39 is 17.5 Å². The van der Waals surface area contributed by atoms with Gasteiger partial charge < -0.3 is 24.4 Å². The Hall–Kier alpha value is -2.81. The number of ether oxygens (including phenoxy) is 3. The average molecular weight is 389 g/mol. The van der Waals surface area contributed by atoms with Gasteiger partial charge >= 0.3 is 6.03 Å². The fourth-order valence-electron chi connectivity index (χ4n) is 3.56. The number of nitrogens with zero attached hydrogens (tertiary/aromatic N) is 2. The molecule has 9 heteroatoms. The van der Waals surface area contributed by atoms with E-state index in [1.165, 1.54) is 0 Å². The number of amides is 4. The van der Waals surface area contributed by atoms with Crippen molar-refractivity contribution >= 4 is 17.8 Å². The molecule has 0 aromatic heterocycles. The fraction of sp³-hybridized carbons (Fsp3) is 0.526. The van der Waals surface area contributed by atoms with Gasteiger partial charge in [0.15, 0.2) is 11.5 Å². The van der Waals surface area contributed by atoms with Crippen molar-refractivity contribution in [3.63, 3.8) is 0 Å². The lowest BCUT2D eigenvalue weighted by molar-refractivity contribution is -0.141. The van der Waals surface area contributed by atoms with Gasteiger partial charge in [0.1, 0.15) is 12.1 Å². The van der Waals surface area contributed by atoms with E-state index in [2.05, 4.69) is 5.32 Å². The van der Waals surface area contributed by atoms with E-state index in [-0.39, 0.29) is 12.5 Å². The Morgan fingerprint density at radius 1 is 1.11 bits per heavy atom. The number of rotatable bonds is 3. The SMILES string of the molecule is C[C@@]1(c2ccc3c(c2)OCCCO3)NC(=O)N(CC(=O)N2CCOCC2)C1=O. The van der Waals surface area contributed by atoms with Crippen molar-refractivity contribution in [1.82, 2.24) is 15.1 Å². The van der Waals surface area contributed by atoms with E-state index in [0.29, 0.717) is 56.6 Å². The van der Waals surface area contributed by atoms with Gasteiger partial charge in [0.05, 0.1) is 26.4 Å². The molecule has 1 aromatic rings. The number of benzene rings is 1. The summed E-state index contributed by atoms with van der Waals surface area (Å²) in [5, 5.41) is 2.72. The minimum atomic E-state index is -1.27. The molecule has 4 rings (SSSR count). The molecule has 150 valence electrons. The van der Waals surface area contributed by atoms with Crippen molar-refractivity contribution < 1.29 is 28.6 Å². The summed E-state index contributed by atoms with van der Waals surface area (Å²) in [6.07, 6.45) is 0.772. The number of morpholine rings is 1. The summed E-state index contributed by atoms with van der Waals surface area (Å²) in [6, 6.07) is 4.61. The molecular weight excluding hydrogens is 366 g/mol. The molecule has 28 heavy (non-hydrogen) atoms. The largest absolute Gasteiger partial charge is 0.490 e. The maximum atomic E-state index is 13.1. The van der Waals surface area contributed by atoms with Gasteiger partial charge in [-0.2, -0.15) is 0 Å². The number of nitrogens with one attached hydrogen (secondary N) is 1. The van der Waals surface area contributed by atoms with Crippen LogP contribution in [0.1, 0.15) is 18.9 Å². The standard InChI is InChI=1S/C19H23N3O6/c1-19(13-3-4-14-15(11-13)28-8-2-7-27-14)17(24)22(18(25)20-19)12-16(23)21-5-9-26-10-6-21/h3-4,11H,2,5-10,12H2,1H3,(H,20,25)/t19-/m0/s1. The zero-order valence-corrected chi connectivity index (χ0v) is 15.7. The van der Waals surface area contributed by atoms with Crippen LogP contribution in [0.2, 0.25) is 0 Å². The topological polar surface area (TPSA) is 97.4 Å². The van der Waals surface area contributed by atoms with Crippen LogP contribution in [0.5, 0.6) is 11.5 Å².